The first kappa shape index (κ1) is 17.4. The summed E-state index contributed by atoms with van der Waals surface area (Å²) in [5.74, 6) is 1.44. The van der Waals surface area contributed by atoms with Crippen molar-refractivity contribution < 1.29 is 9.53 Å². The fourth-order valence-corrected chi connectivity index (χ4v) is 3.89. The lowest BCUT2D eigenvalue weighted by atomic mass is 10.1. The van der Waals surface area contributed by atoms with E-state index in [2.05, 4.69) is 27.6 Å². The maximum Gasteiger partial charge on any atom is 0.230 e. The Balaban J connectivity index is 1.52. The molecule has 0 aliphatic carbocycles. The molecule has 0 unspecified atom stereocenters. The number of amides is 1. The molecule has 3 aromatic rings. The standard InChI is InChI=1S/C18H17N3O2S2/c1-23-15-9-5-8-14(10-15)11-16(22)19-17-20-21-18(25-17)24-12-13-6-3-2-4-7-13/h2-10H,11-12H2,1H3,(H,19,20,22). The van der Waals surface area contributed by atoms with E-state index in [1.165, 1.54) is 16.9 Å². The van der Waals surface area contributed by atoms with Crippen LogP contribution in [0.1, 0.15) is 11.1 Å². The minimum absolute atomic E-state index is 0.121. The molecule has 0 bridgehead atoms. The first-order valence-corrected chi connectivity index (χ1v) is 9.46. The summed E-state index contributed by atoms with van der Waals surface area (Å²) < 4.78 is 6.00. The van der Waals surface area contributed by atoms with Gasteiger partial charge in [0.1, 0.15) is 5.75 Å². The van der Waals surface area contributed by atoms with Crippen molar-refractivity contribution in [1.29, 1.82) is 0 Å². The van der Waals surface area contributed by atoms with Crippen molar-refractivity contribution in [2.45, 2.75) is 16.5 Å². The van der Waals surface area contributed by atoms with Gasteiger partial charge in [-0.1, -0.05) is 65.6 Å². The second-order valence-corrected chi connectivity index (χ2v) is 7.42. The monoisotopic (exact) mass is 371 g/mol. The highest BCUT2D eigenvalue weighted by Crippen LogP contribution is 2.28. The van der Waals surface area contributed by atoms with Crippen LogP contribution in [0, 0.1) is 0 Å². The SMILES string of the molecule is COc1cccc(CC(=O)Nc2nnc(SCc3ccccc3)s2)c1. The predicted octanol–water partition coefficient (Wildman–Crippen LogP) is 4.02. The van der Waals surface area contributed by atoms with Crippen LogP contribution < -0.4 is 10.1 Å². The number of benzene rings is 2. The molecule has 0 radical (unpaired) electrons. The highest BCUT2D eigenvalue weighted by molar-refractivity contribution is 8.00. The number of hydrogen-bond donors (Lipinski definition) is 1. The second-order valence-electron chi connectivity index (χ2n) is 5.22. The lowest BCUT2D eigenvalue weighted by molar-refractivity contribution is -0.115. The number of aromatic nitrogens is 2. The fraction of sp³-hybridized carbons (Fsp3) is 0.167. The molecule has 7 heteroatoms. The van der Waals surface area contributed by atoms with Gasteiger partial charge in [0.15, 0.2) is 4.34 Å². The molecule has 0 saturated carbocycles. The van der Waals surface area contributed by atoms with Crippen LogP contribution in [0.5, 0.6) is 5.75 Å². The van der Waals surface area contributed by atoms with Crippen molar-refractivity contribution in [2.75, 3.05) is 12.4 Å². The van der Waals surface area contributed by atoms with Crippen LogP contribution >= 0.6 is 23.1 Å². The number of rotatable bonds is 7. The second kappa shape index (κ2) is 8.64. The van der Waals surface area contributed by atoms with Crippen LogP contribution in [-0.4, -0.2) is 23.2 Å². The van der Waals surface area contributed by atoms with Crippen molar-refractivity contribution in [1.82, 2.24) is 10.2 Å². The maximum atomic E-state index is 12.2. The van der Waals surface area contributed by atoms with E-state index >= 15 is 0 Å². The highest BCUT2D eigenvalue weighted by atomic mass is 32.2. The van der Waals surface area contributed by atoms with Gasteiger partial charge < -0.3 is 10.1 Å². The van der Waals surface area contributed by atoms with Gasteiger partial charge in [0.25, 0.3) is 0 Å². The van der Waals surface area contributed by atoms with E-state index in [9.17, 15) is 4.79 Å². The molecule has 0 aliphatic rings. The zero-order valence-electron chi connectivity index (χ0n) is 13.6. The topological polar surface area (TPSA) is 64.1 Å². The fourth-order valence-electron chi connectivity index (χ4n) is 2.17. The molecular formula is C18H17N3O2S2. The molecule has 25 heavy (non-hydrogen) atoms. The third kappa shape index (κ3) is 5.30. The number of anilines is 1. The Morgan fingerprint density at radius 1 is 1.12 bits per heavy atom. The number of nitrogens with one attached hydrogen (secondary N) is 1. The Bertz CT molecular complexity index is 837. The molecular weight excluding hydrogens is 354 g/mol. The van der Waals surface area contributed by atoms with Crippen LogP contribution in [0.3, 0.4) is 0 Å². The summed E-state index contributed by atoms with van der Waals surface area (Å²) in [6.45, 7) is 0. The minimum Gasteiger partial charge on any atom is -0.497 e. The lowest BCUT2D eigenvalue weighted by Crippen LogP contribution is -2.14. The zero-order chi connectivity index (χ0) is 17.5. The quantitative estimate of drug-likeness (QED) is 0.502. The number of carbonyl (C=O) groups excluding carboxylic acids is 1. The van der Waals surface area contributed by atoms with Gasteiger partial charge in [-0.25, -0.2) is 0 Å². The van der Waals surface area contributed by atoms with Crippen LogP contribution in [-0.2, 0) is 17.0 Å². The summed E-state index contributed by atoms with van der Waals surface area (Å²) in [6.07, 6.45) is 0.267. The molecule has 0 aliphatic heterocycles. The summed E-state index contributed by atoms with van der Waals surface area (Å²) in [4.78, 5) is 12.2. The normalized spacial score (nSPS) is 10.4. The molecule has 0 atom stereocenters. The number of thioether (sulfide) groups is 1. The van der Waals surface area contributed by atoms with Crippen molar-refractivity contribution in [3.05, 3.63) is 65.7 Å². The molecule has 128 valence electrons. The van der Waals surface area contributed by atoms with Crippen molar-refractivity contribution in [3.8, 4) is 5.75 Å². The van der Waals surface area contributed by atoms with Gasteiger partial charge in [-0.2, -0.15) is 0 Å². The van der Waals surface area contributed by atoms with E-state index in [0.29, 0.717) is 5.13 Å². The van der Waals surface area contributed by atoms with E-state index in [-0.39, 0.29) is 12.3 Å². The average molecular weight is 371 g/mol. The highest BCUT2D eigenvalue weighted by Gasteiger charge is 2.10. The van der Waals surface area contributed by atoms with Gasteiger partial charge in [-0.3, -0.25) is 4.79 Å². The van der Waals surface area contributed by atoms with Crippen molar-refractivity contribution in [3.63, 3.8) is 0 Å². The minimum atomic E-state index is -0.121. The first-order chi connectivity index (χ1) is 12.2. The van der Waals surface area contributed by atoms with Crippen molar-refractivity contribution in [2.24, 2.45) is 0 Å². The molecule has 3 rings (SSSR count). The summed E-state index contributed by atoms with van der Waals surface area (Å²) in [6, 6.07) is 17.6. The van der Waals surface area contributed by atoms with Crippen LogP contribution in [0.15, 0.2) is 58.9 Å². The summed E-state index contributed by atoms with van der Waals surface area (Å²) in [5.41, 5.74) is 2.12. The van der Waals surface area contributed by atoms with Gasteiger partial charge in [0, 0.05) is 5.75 Å². The van der Waals surface area contributed by atoms with E-state index in [4.69, 9.17) is 4.74 Å². The van der Waals surface area contributed by atoms with Crippen LogP contribution in [0.2, 0.25) is 0 Å². The molecule has 0 spiro atoms. The number of methoxy groups -OCH3 is 1. The van der Waals surface area contributed by atoms with Gasteiger partial charge >= 0.3 is 0 Å². The van der Waals surface area contributed by atoms with Gasteiger partial charge in [0.05, 0.1) is 13.5 Å². The number of ether oxygens (including phenoxy) is 1. The molecule has 1 N–H and O–H groups in total. The Kier molecular flexibility index (Phi) is 6.03. The predicted molar refractivity (Wildman–Crippen MR) is 101 cm³/mol. The van der Waals surface area contributed by atoms with E-state index in [1.54, 1.807) is 18.9 Å². The van der Waals surface area contributed by atoms with Gasteiger partial charge in [-0.05, 0) is 23.3 Å². The summed E-state index contributed by atoms with van der Waals surface area (Å²) in [5, 5.41) is 11.5. The Morgan fingerprint density at radius 3 is 2.72 bits per heavy atom. The Labute approximate surface area is 154 Å². The third-order valence-corrected chi connectivity index (χ3v) is 5.40. The molecule has 0 saturated heterocycles. The lowest BCUT2D eigenvalue weighted by Gasteiger charge is -2.04. The van der Waals surface area contributed by atoms with E-state index in [0.717, 1.165) is 21.4 Å². The number of hydrogen-bond acceptors (Lipinski definition) is 6. The Hall–Kier alpha value is -2.38. The third-order valence-electron chi connectivity index (χ3n) is 3.36. The van der Waals surface area contributed by atoms with E-state index < -0.39 is 0 Å². The van der Waals surface area contributed by atoms with Crippen molar-refractivity contribution >= 4 is 34.1 Å². The Morgan fingerprint density at radius 2 is 1.92 bits per heavy atom. The maximum absolute atomic E-state index is 12.2. The van der Waals surface area contributed by atoms with Gasteiger partial charge in [-0.15, -0.1) is 10.2 Å². The average Bonchev–Trinajstić information content (AvgIpc) is 3.08. The zero-order valence-corrected chi connectivity index (χ0v) is 15.3. The molecule has 0 fully saturated rings. The smallest absolute Gasteiger partial charge is 0.230 e. The van der Waals surface area contributed by atoms with Gasteiger partial charge in [0.2, 0.25) is 11.0 Å². The van der Waals surface area contributed by atoms with Crippen LogP contribution in [0.25, 0.3) is 0 Å². The summed E-state index contributed by atoms with van der Waals surface area (Å²) >= 11 is 2.99. The molecule has 2 aromatic carbocycles. The molecule has 1 heterocycles. The number of carbonyl (C=O) groups is 1. The summed E-state index contributed by atoms with van der Waals surface area (Å²) in [7, 11) is 1.61. The van der Waals surface area contributed by atoms with E-state index in [1.807, 2.05) is 42.5 Å². The molecule has 1 amide bonds. The molecule has 5 nitrogen and oxygen atoms in total. The number of nitrogens with zero attached hydrogens (tertiary/aromatic N) is 2. The molecule has 1 aromatic heterocycles. The first-order valence-electron chi connectivity index (χ1n) is 7.66. The van der Waals surface area contributed by atoms with Crippen LogP contribution in [0.4, 0.5) is 5.13 Å². The largest absolute Gasteiger partial charge is 0.497 e.